The molecule has 1 aromatic carbocycles. The molecule has 2 rings (SSSR count). The smallest absolute Gasteiger partial charge is 0.319 e. The van der Waals surface area contributed by atoms with Gasteiger partial charge in [0.15, 0.2) is 0 Å². The van der Waals surface area contributed by atoms with E-state index < -0.39 is 0 Å². The first-order valence-corrected chi connectivity index (χ1v) is 7.03. The van der Waals surface area contributed by atoms with Crippen LogP contribution in [0.1, 0.15) is 44.7 Å². The molecule has 4 N–H and O–H groups in total. The summed E-state index contributed by atoms with van der Waals surface area (Å²) in [6.45, 7) is 4.10. The highest BCUT2D eigenvalue weighted by Gasteiger charge is 2.37. The van der Waals surface area contributed by atoms with E-state index in [1.165, 1.54) is 12.8 Å². The van der Waals surface area contributed by atoms with Crippen molar-refractivity contribution in [3.8, 4) is 0 Å². The van der Waals surface area contributed by atoms with Crippen molar-refractivity contribution >= 4 is 11.7 Å². The summed E-state index contributed by atoms with van der Waals surface area (Å²) in [7, 11) is 0. The third kappa shape index (κ3) is 3.96. The van der Waals surface area contributed by atoms with Crippen molar-refractivity contribution in [3.63, 3.8) is 0 Å². The molecule has 104 valence electrons. The highest BCUT2D eigenvalue weighted by atomic mass is 16.2. The lowest BCUT2D eigenvalue weighted by atomic mass is 10.1. The second-order valence-electron chi connectivity index (χ2n) is 5.40. The molecule has 1 aliphatic rings. The van der Waals surface area contributed by atoms with Gasteiger partial charge in [-0.3, -0.25) is 0 Å². The normalized spacial score (nSPS) is 22.7. The molecule has 3 unspecified atom stereocenters. The van der Waals surface area contributed by atoms with Crippen molar-refractivity contribution < 1.29 is 4.79 Å². The molecule has 0 saturated heterocycles. The summed E-state index contributed by atoms with van der Waals surface area (Å²) in [6, 6.07) is 7.88. The first kappa shape index (κ1) is 13.9. The van der Waals surface area contributed by atoms with Crippen molar-refractivity contribution in [3.05, 3.63) is 29.8 Å². The molecule has 2 amide bonds. The average Bonchev–Trinajstić information content (AvgIpc) is 3.07. The van der Waals surface area contributed by atoms with E-state index in [0.717, 1.165) is 17.7 Å². The van der Waals surface area contributed by atoms with Crippen molar-refractivity contribution in [1.29, 1.82) is 0 Å². The van der Waals surface area contributed by atoms with Crippen molar-refractivity contribution in [2.75, 3.05) is 5.32 Å². The minimum Gasteiger partial charge on any atom is -0.335 e. The molecule has 0 heterocycles. The molecule has 4 nitrogen and oxygen atoms in total. The molecule has 0 aliphatic heterocycles. The zero-order valence-corrected chi connectivity index (χ0v) is 11.6. The Balaban J connectivity index is 1.84. The van der Waals surface area contributed by atoms with Gasteiger partial charge < -0.3 is 16.4 Å². The van der Waals surface area contributed by atoms with Crippen LogP contribution in [0.25, 0.3) is 0 Å². The minimum atomic E-state index is -0.120. The van der Waals surface area contributed by atoms with Crippen LogP contribution in [0.4, 0.5) is 10.5 Å². The van der Waals surface area contributed by atoms with Crippen LogP contribution in [0, 0.1) is 5.92 Å². The fourth-order valence-corrected chi connectivity index (χ4v) is 2.35. The number of hydrogen-bond donors (Lipinski definition) is 3. The van der Waals surface area contributed by atoms with E-state index in [1.807, 2.05) is 31.2 Å². The number of amides is 2. The summed E-state index contributed by atoms with van der Waals surface area (Å²) in [4.78, 5) is 11.8. The van der Waals surface area contributed by atoms with Crippen LogP contribution in [0.15, 0.2) is 24.3 Å². The number of urea groups is 1. The maximum absolute atomic E-state index is 11.8. The van der Waals surface area contributed by atoms with Gasteiger partial charge in [0.2, 0.25) is 0 Å². The number of carbonyl (C=O) groups excluding carboxylic acids is 1. The molecule has 1 aliphatic carbocycles. The Kier molecular flexibility index (Phi) is 4.43. The van der Waals surface area contributed by atoms with Gasteiger partial charge in [0.1, 0.15) is 0 Å². The Hall–Kier alpha value is -1.55. The largest absolute Gasteiger partial charge is 0.335 e. The van der Waals surface area contributed by atoms with E-state index in [0.29, 0.717) is 12.0 Å². The lowest BCUT2D eigenvalue weighted by Gasteiger charge is -2.10. The third-order valence-corrected chi connectivity index (χ3v) is 3.57. The van der Waals surface area contributed by atoms with Gasteiger partial charge in [-0.25, -0.2) is 4.79 Å². The van der Waals surface area contributed by atoms with Crippen molar-refractivity contribution in [1.82, 2.24) is 5.32 Å². The van der Waals surface area contributed by atoms with Crippen LogP contribution < -0.4 is 16.4 Å². The van der Waals surface area contributed by atoms with Gasteiger partial charge in [-0.1, -0.05) is 25.5 Å². The first-order chi connectivity index (χ1) is 9.10. The summed E-state index contributed by atoms with van der Waals surface area (Å²) in [6.07, 6.45) is 3.49. The molecule has 0 aromatic heterocycles. The maximum Gasteiger partial charge on any atom is 0.319 e. The lowest BCUT2D eigenvalue weighted by molar-refractivity contribution is 0.251. The number of nitrogens with one attached hydrogen (secondary N) is 2. The van der Waals surface area contributed by atoms with Gasteiger partial charge in [0, 0.05) is 17.8 Å². The lowest BCUT2D eigenvalue weighted by Crippen LogP contribution is -2.31. The summed E-state index contributed by atoms with van der Waals surface area (Å²) in [5.74, 6) is 0.672. The first-order valence-electron chi connectivity index (χ1n) is 7.03. The molecular weight excluding hydrogens is 238 g/mol. The average molecular weight is 261 g/mol. The molecule has 1 fully saturated rings. The molecule has 1 saturated carbocycles. The third-order valence-electron chi connectivity index (χ3n) is 3.57. The number of rotatable bonds is 5. The molecule has 4 heteroatoms. The van der Waals surface area contributed by atoms with Crippen molar-refractivity contribution in [2.24, 2.45) is 11.7 Å². The fourth-order valence-electron chi connectivity index (χ4n) is 2.35. The van der Waals surface area contributed by atoms with Crippen LogP contribution >= 0.6 is 0 Å². The number of carbonyl (C=O) groups is 1. The monoisotopic (exact) mass is 261 g/mol. The van der Waals surface area contributed by atoms with Crippen LogP contribution in [-0.4, -0.2) is 12.1 Å². The van der Waals surface area contributed by atoms with E-state index in [1.54, 1.807) is 0 Å². The highest BCUT2D eigenvalue weighted by Crippen LogP contribution is 2.34. The van der Waals surface area contributed by atoms with E-state index in [2.05, 4.69) is 17.6 Å². The Morgan fingerprint density at radius 3 is 3.00 bits per heavy atom. The molecule has 0 spiro atoms. The Labute approximate surface area is 114 Å². The zero-order valence-electron chi connectivity index (χ0n) is 11.6. The van der Waals surface area contributed by atoms with Crippen LogP contribution in [0.5, 0.6) is 0 Å². The molecular formula is C15H23N3O. The Bertz CT molecular complexity index is 445. The Morgan fingerprint density at radius 1 is 1.53 bits per heavy atom. The van der Waals surface area contributed by atoms with Gasteiger partial charge in [0.05, 0.1) is 0 Å². The highest BCUT2D eigenvalue weighted by molar-refractivity contribution is 5.89. The second-order valence-corrected chi connectivity index (χ2v) is 5.40. The Morgan fingerprint density at radius 2 is 2.32 bits per heavy atom. The fraction of sp³-hybridized carbons (Fsp3) is 0.533. The molecule has 0 radical (unpaired) electrons. The predicted octanol–water partition coefficient (Wildman–Crippen LogP) is 3.02. The van der Waals surface area contributed by atoms with Gasteiger partial charge in [-0.2, -0.15) is 0 Å². The molecule has 1 aromatic rings. The summed E-state index contributed by atoms with van der Waals surface area (Å²) < 4.78 is 0. The number of anilines is 1. The summed E-state index contributed by atoms with van der Waals surface area (Å²) in [5, 5.41) is 5.87. The SMILES string of the molecule is CCCC1CC1NC(=O)Nc1cccc(C(C)N)c1. The van der Waals surface area contributed by atoms with E-state index >= 15 is 0 Å². The molecule has 3 atom stereocenters. The quantitative estimate of drug-likeness (QED) is 0.762. The predicted molar refractivity (Wildman–Crippen MR) is 78.0 cm³/mol. The van der Waals surface area contributed by atoms with Crippen LogP contribution in [0.2, 0.25) is 0 Å². The molecule has 19 heavy (non-hydrogen) atoms. The van der Waals surface area contributed by atoms with Gasteiger partial charge in [0.25, 0.3) is 0 Å². The summed E-state index contributed by atoms with van der Waals surface area (Å²) >= 11 is 0. The second kappa shape index (κ2) is 6.06. The molecule has 0 bridgehead atoms. The van der Waals surface area contributed by atoms with Gasteiger partial charge >= 0.3 is 6.03 Å². The summed E-state index contributed by atoms with van der Waals surface area (Å²) in [5.41, 5.74) is 7.64. The minimum absolute atomic E-state index is 0.0258. The van der Waals surface area contributed by atoms with E-state index in [-0.39, 0.29) is 12.1 Å². The van der Waals surface area contributed by atoms with E-state index in [4.69, 9.17) is 5.73 Å². The van der Waals surface area contributed by atoms with Crippen LogP contribution in [-0.2, 0) is 0 Å². The van der Waals surface area contributed by atoms with Crippen LogP contribution in [0.3, 0.4) is 0 Å². The zero-order chi connectivity index (χ0) is 13.8. The van der Waals surface area contributed by atoms with Gasteiger partial charge in [-0.05, 0) is 43.4 Å². The van der Waals surface area contributed by atoms with Crippen molar-refractivity contribution in [2.45, 2.75) is 45.2 Å². The standard InChI is InChI=1S/C15H23N3O/c1-3-5-12-9-14(12)18-15(19)17-13-7-4-6-11(8-13)10(2)16/h4,6-8,10,12,14H,3,5,9,16H2,1-2H3,(H2,17,18,19). The number of benzene rings is 1. The van der Waals surface area contributed by atoms with E-state index in [9.17, 15) is 4.79 Å². The topological polar surface area (TPSA) is 67.2 Å². The van der Waals surface area contributed by atoms with Gasteiger partial charge in [-0.15, -0.1) is 0 Å². The number of nitrogens with two attached hydrogens (primary N) is 1. The maximum atomic E-state index is 11.8. The number of hydrogen-bond acceptors (Lipinski definition) is 2.